The molecule has 0 radical (unpaired) electrons. The highest BCUT2D eigenvalue weighted by Crippen LogP contribution is 2.18. The Morgan fingerprint density at radius 1 is 1.50 bits per heavy atom. The van der Waals surface area contributed by atoms with Gasteiger partial charge >= 0.3 is 0 Å². The predicted molar refractivity (Wildman–Crippen MR) is 51.3 cm³/mol. The molecule has 1 aromatic rings. The second-order valence-corrected chi connectivity index (χ2v) is 2.89. The number of halogens is 3. The van der Waals surface area contributed by atoms with Crippen LogP contribution >= 0.6 is 24.0 Å². The highest BCUT2D eigenvalue weighted by molar-refractivity contribution is 6.30. The second kappa shape index (κ2) is 4.65. The molecule has 1 aromatic carbocycles. The van der Waals surface area contributed by atoms with Crippen LogP contribution in [0.4, 0.5) is 4.39 Å². The van der Waals surface area contributed by atoms with E-state index in [4.69, 9.17) is 17.3 Å². The Morgan fingerprint density at radius 3 is 2.50 bits per heavy atom. The molecule has 1 rings (SSSR count). The molecule has 0 unspecified atom stereocenters. The highest BCUT2D eigenvalue weighted by atomic mass is 35.5. The van der Waals surface area contributed by atoms with Gasteiger partial charge in [-0.3, -0.25) is 0 Å². The normalized spacial score (nSPS) is 12.0. The first-order valence-corrected chi connectivity index (χ1v) is 3.69. The summed E-state index contributed by atoms with van der Waals surface area (Å²) in [5.74, 6) is -0.340. The van der Waals surface area contributed by atoms with Crippen LogP contribution in [0.3, 0.4) is 0 Å². The van der Waals surface area contributed by atoms with Gasteiger partial charge in [0.25, 0.3) is 0 Å². The molecule has 0 bridgehead atoms. The molecule has 0 aliphatic carbocycles. The van der Waals surface area contributed by atoms with Crippen molar-refractivity contribution in [3.63, 3.8) is 0 Å². The lowest BCUT2D eigenvalue weighted by Crippen LogP contribution is -2.06. The van der Waals surface area contributed by atoms with Crippen molar-refractivity contribution in [2.75, 3.05) is 0 Å². The van der Waals surface area contributed by atoms with E-state index in [0.717, 1.165) is 0 Å². The summed E-state index contributed by atoms with van der Waals surface area (Å²) in [6, 6.07) is 4.21. The van der Waals surface area contributed by atoms with E-state index in [1.807, 2.05) is 0 Å². The van der Waals surface area contributed by atoms with Crippen molar-refractivity contribution in [2.24, 2.45) is 5.73 Å². The fraction of sp³-hybridized carbons (Fsp3) is 0.250. The van der Waals surface area contributed by atoms with Crippen molar-refractivity contribution >= 4 is 24.0 Å². The van der Waals surface area contributed by atoms with E-state index < -0.39 is 0 Å². The molecule has 0 saturated carbocycles. The van der Waals surface area contributed by atoms with E-state index in [1.54, 1.807) is 19.1 Å². The fourth-order valence-corrected chi connectivity index (χ4v) is 1.03. The summed E-state index contributed by atoms with van der Waals surface area (Å²) in [5.41, 5.74) is 5.98. The van der Waals surface area contributed by atoms with Gasteiger partial charge in [0.15, 0.2) is 0 Å². The van der Waals surface area contributed by atoms with Crippen LogP contribution in [0.5, 0.6) is 0 Å². The van der Waals surface area contributed by atoms with Crippen molar-refractivity contribution in [2.45, 2.75) is 13.0 Å². The average molecular weight is 211 g/mol. The molecule has 1 nitrogen and oxygen atoms in total. The standard InChI is InChI=1S/C8H9ClFN.ClH/c1-5(11)7-3-2-6(9)4-8(7)10;/h2-5H,11H2,1H3;1H/t5-;/m1./s1/i1+1;. The first-order chi connectivity index (χ1) is 5.11. The van der Waals surface area contributed by atoms with Gasteiger partial charge in [-0.2, -0.15) is 0 Å². The Morgan fingerprint density at radius 2 is 2.08 bits per heavy atom. The third-order valence-electron chi connectivity index (χ3n) is 1.45. The third-order valence-corrected chi connectivity index (χ3v) is 1.69. The maximum absolute atomic E-state index is 12.9. The molecule has 0 fully saturated rings. The molecule has 0 aromatic heterocycles. The highest BCUT2D eigenvalue weighted by Gasteiger charge is 2.05. The monoisotopic (exact) mass is 210 g/mol. The van der Waals surface area contributed by atoms with Crippen LogP contribution in [0.2, 0.25) is 5.02 Å². The number of hydrogen-bond acceptors (Lipinski definition) is 1. The molecular formula is C8H10Cl2FN. The molecule has 12 heavy (non-hydrogen) atoms. The molecule has 0 saturated heterocycles. The van der Waals surface area contributed by atoms with Gasteiger partial charge in [0.05, 0.1) is 0 Å². The van der Waals surface area contributed by atoms with E-state index in [9.17, 15) is 4.39 Å². The second-order valence-electron chi connectivity index (χ2n) is 2.45. The van der Waals surface area contributed by atoms with Crippen molar-refractivity contribution in [1.29, 1.82) is 0 Å². The van der Waals surface area contributed by atoms with Crippen molar-refractivity contribution in [3.8, 4) is 0 Å². The SMILES string of the molecule is Cl.[13CH3][C@@H](N)c1ccc(Cl)cc1F. The molecule has 0 aliphatic rings. The summed E-state index contributed by atoms with van der Waals surface area (Å²) in [6.07, 6.45) is 0. The summed E-state index contributed by atoms with van der Waals surface area (Å²) in [5, 5.41) is 0.395. The summed E-state index contributed by atoms with van der Waals surface area (Å²) < 4.78 is 12.9. The van der Waals surface area contributed by atoms with Crippen LogP contribution in [0.1, 0.15) is 18.5 Å². The van der Waals surface area contributed by atoms with Crippen molar-refractivity contribution < 1.29 is 4.39 Å². The van der Waals surface area contributed by atoms with Crippen molar-refractivity contribution in [1.82, 2.24) is 0 Å². The number of hydrogen-bond donors (Lipinski definition) is 1. The minimum Gasteiger partial charge on any atom is -0.324 e. The van der Waals surface area contributed by atoms with Crippen LogP contribution in [0.25, 0.3) is 0 Å². The Kier molecular flexibility index (Phi) is 4.53. The maximum atomic E-state index is 12.9. The molecule has 0 aliphatic heterocycles. The number of nitrogens with two attached hydrogens (primary N) is 1. The minimum absolute atomic E-state index is 0. The van der Waals surface area contributed by atoms with Crippen LogP contribution in [-0.2, 0) is 0 Å². The molecule has 0 heterocycles. The molecular weight excluding hydrogens is 201 g/mol. The zero-order chi connectivity index (χ0) is 8.43. The van der Waals surface area contributed by atoms with E-state index in [0.29, 0.717) is 10.6 Å². The van der Waals surface area contributed by atoms with Gasteiger partial charge in [-0.15, -0.1) is 12.4 Å². The lowest BCUT2D eigenvalue weighted by molar-refractivity contribution is 0.594. The predicted octanol–water partition coefficient (Wildman–Crippen LogP) is 2.92. The Balaban J connectivity index is 0.00000121. The topological polar surface area (TPSA) is 26.0 Å². The Bertz CT molecular complexity index is 263. The molecule has 2 N–H and O–H groups in total. The largest absolute Gasteiger partial charge is 0.324 e. The van der Waals surface area contributed by atoms with E-state index in [2.05, 4.69) is 0 Å². The molecule has 1 atom stereocenters. The summed E-state index contributed by atoms with van der Waals surface area (Å²) in [7, 11) is 0. The number of rotatable bonds is 1. The van der Waals surface area contributed by atoms with Gasteiger partial charge in [-0.1, -0.05) is 17.7 Å². The lowest BCUT2D eigenvalue weighted by atomic mass is 10.1. The summed E-state index contributed by atoms with van der Waals surface area (Å²) in [4.78, 5) is 0. The summed E-state index contributed by atoms with van der Waals surface area (Å²) in [6.45, 7) is 1.73. The summed E-state index contributed by atoms with van der Waals surface area (Å²) >= 11 is 5.54. The first-order valence-electron chi connectivity index (χ1n) is 3.32. The number of benzene rings is 1. The van der Waals surface area contributed by atoms with E-state index in [1.165, 1.54) is 6.07 Å². The van der Waals surface area contributed by atoms with E-state index in [-0.39, 0.29) is 24.3 Å². The first kappa shape index (κ1) is 11.7. The lowest BCUT2D eigenvalue weighted by Gasteiger charge is -2.05. The van der Waals surface area contributed by atoms with Crippen LogP contribution in [0, 0.1) is 5.82 Å². The van der Waals surface area contributed by atoms with Gasteiger partial charge in [0.2, 0.25) is 0 Å². The van der Waals surface area contributed by atoms with Crippen LogP contribution in [0.15, 0.2) is 18.2 Å². The zero-order valence-corrected chi connectivity index (χ0v) is 8.12. The van der Waals surface area contributed by atoms with Gasteiger partial charge in [-0.05, 0) is 19.1 Å². The molecule has 0 spiro atoms. The Labute approximate surface area is 82.1 Å². The minimum atomic E-state index is -0.340. The molecule has 0 amide bonds. The van der Waals surface area contributed by atoms with Crippen LogP contribution < -0.4 is 5.73 Å². The Hall–Kier alpha value is -0.310. The molecule has 4 heteroatoms. The zero-order valence-electron chi connectivity index (χ0n) is 6.55. The quantitative estimate of drug-likeness (QED) is 0.710. The van der Waals surface area contributed by atoms with Crippen LogP contribution in [-0.4, -0.2) is 0 Å². The van der Waals surface area contributed by atoms with E-state index >= 15 is 0 Å². The fourth-order valence-electron chi connectivity index (χ4n) is 0.871. The maximum Gasteiger partial charge on any atom is 0.129 e. The average Bonchev–Trinajstić information content (AvgIpc) is 1.85. The van der Waals surface area contributed by atoms with Gasteiger partial charge in [-0.25, -0.2) is 4.39 Å². The molecule has 68 valence electrons. The van der Waals surface area contributed by atoms with Gasteiger partial charge in [0, 0.05) is 16.6 Å². The van der Waals surface area contributed by atoms with Gasteiger partial charge < -0.3 is 5.73 Å². The van der Waals surface area contributed by atoms with Crippen molar-refractivity contribution in [3.05, 3.63) is 34.6 Å². The van der Waals surface area contributed by atoms with Gasteiger partial charge in [0.1, 0.15) is 5.82 Å². The third kappa shape index (κ3) is 2.63. The smallest absolute Gasteiger partial charge is 0.129 e.